The van der Waals surface area contributed by atoms with E-state index < -0.39 is 12.1 Å². The second kappa shape index (κ2) is 10.4. The molecule has 4 N–H and O–H groups in total. The lowest BCUT2D eigenvalue weighted by atomic mass is 10.0. The van der Waals surface area contributed by atoms with E-state index in [0.717, 1.165) is 6.42 Å². The number of hydrogen-bond donors (Lipinski definition) is 3. The number of carbonyl (C=O) groups excluding carboxylic acids is 1. The van der Waals surface area contributed by atoms with Crippen molar-refractivity contribution < 1.29 is 9.90 Å². The van der Waals surface area contributed by atoms with E-state index >= 15 is 0 Å². The summed E-state index contributed by atoms with van der Waals surface area (Å²) in [5, 5.41) is 12.0. The zero-order valence-electron chi connectivity index (χ0n) is 13.8. The molecule has 0 bridgehead atoms. The Morgan fingerprint density at radius 2 is 1.73 bits per heavy atom. The van der Waals surface area contributed by atoms with Gasteiger partial charge in [-0.05, 0) is 37.5 Å². The second-order valence-corrected chi connectivity index (χ2v) is 5.97. The molecule has 1 amide bonds. The summed E-state index contributed by atoms with van der Waals surface area (Å²) in [7, 11) is 0. The third-order valence-corrected chi connectivity index (χ3v) is 3.86. The summed E-state index contributed by atoms with van der Waals surface area (Å²) in [6.07, 6.45) is 7.99. The Bertz CT molecular complexity index is 429. The zero-order valence-corrected chi connectivity index (χ0v) is 13.8. The Kier molecular flexibility index (Phi) is 8.78. The zero-order chi connectivity index (χ0) is 16.4. The molecule has 4 heteroatoms. The van der Waals surface area contributed by atoms with E-state index in [1.807, 2.05) is 24.3 Å². The summed E-state index contributed by atoms with van der Waals surface area (Å²) < 4.78 is 0. The minimum absolute atomic E-state index is 0.362. The largest absolute Gasteiger partial charge is 0.391 e. The van der Waals surface area contributed by atoms with Crippen LogP contribution in [-0.2, 0) is 11.2 Å². The first-order valence-corrected chi connectivity index (χ1v) is 8.38. The van der Waals surface area contributed by atoms with Crippen molar-refractivity contribution in [1.82, 2.24) is 0 Å². The maximum Gasteiger partial charge on any atom is 0.243 e. The molecular weight excluding hydrogens is 276 g/mol. The standard InChI is InChI=1S/C18H30N2O2/c1-3-4-5-6-7-8-9-15-10-12-16(13-11-15)20-18(22)17(19)14(2)21/h10-14,17,21H,3-9,19H2,1-2H3,(H,20,22)/t14-,17-/m1/s1. The molecule has 0 aliphatic rings. The Labute approximate surface area is 134 Å². The number of rotatable bonds is 10. The van der Waals surface area contributed by atoms with Crippen molar-refractivity contribution in [2.24, 2.45) is 5.73 Å². The minimum atomic E-state index is -0.900. The van der Waals surface area contributed by atoms with E-state index in [9.17, 15) is 9.90 Å². The number of aliphatic hydroxyl groups is 1. The third kappa shape index (κ3) is 7.05. The van der Waals surface area contributed by atoms with Crippen LogP contribution in [0.4, 0.5) is 5.69 Å². The van der Waals surface area contributed by atoms with Gasteiger partial charge in [0.1, 0.15) is 6.04 Å². The molecule has 124 valence electrons. The molecule has 0 fully saturated rings. The molecule has 0 saturated carbocycles. The lowest BCUT2D eigenvalue weighted by Gasteiger charge is -2.14. The second-order valence-electron chi connectivity index (χ2n) is 5.97. The average molecular weight is 306 g/mol. The van der Waals surface area contributed by atoms with Crippen LogP contribution >= 0.6 is 0 Å². The summed E-state index contributed by atoms with van der Waals surface area (Å²) in [5.41, 5.74) is 7.59. The molecule has 0 heterocycles. The lowest BCUT2D eigenvalue weighted by molar-refractivity contribution is -0.119. The predicted octanol–water partition coefficient (Wildman–Crippen LogP) is 3.24. The summed E-state index contributed by atoms with van der Waals surface area (Å²) in [5.74, 6) is -0.362. The predicted molar refractivity (Wildman–Crippen MR) is 91.8 cm³/mol. The molecule has 0 unspecified atom stereocenters. The highest BCUT2D eigenvalue weighted by molar-refractivity contribution is 5.95. The van der Waals surface area contributed by atoms with Gasteiger partial charge in [0, 0.05) is 5.69 Å². The molecule has 0 aromatic heterocycles. The van der Waals surface area contributed by atoms with E-state index in [4.69, 9.17) is 5.73 Å². The van der Waals surface area contributed by atoms with Gasteiger partial charge in [0.05, 0.1) is 6.10 Å². The topological polar surface area (TPSA) is 75.4 Å². The Morgan fingerprint density at radius 1 is 1.14 bits per heavy atom. The molecule has 22 heavy (non-hydrogen) atoms. The van der Waals surface area contributed by atoms with Crippen molar-refractivity contribution in [3.63, 3.8) is 0 Å². The fourth-order valence-corrected chi connectivity index (χ4v) is 2.31. The summed E-state index contributed by atoms with van der Waals surface area (Å²) >= 11 is 0. The summed E-state index contributed by atoms with van der Waals surface area (Å²) in [6, 6.07) is 6.95. The quantitative estimate of drug-likeness (QED) is 0.581. The van der Waals surface area contributed by atoms with Crippen LogP contribution in [0.5, 0.6) is 0 Å². The molecule has 0 spiro atoms. The Balaban J connectivity index is 2.32. The number of aliphatic hydroxyl groups excluding tert-OH is 1. The number of unbranched alkanes of at least 4 members (excludes halogenated alkanes) is 5. The highest BCUT2D eigenvalue weighted by atomic mass is 16.3. The van der Waals surface area contributed by atoms with Crippen molar-refractivity contribution in [3.05, 3.63) is 29.8 Å². The van der Waals surface area contributed by atoms with Gasteiger partial charge in [0.2, 0.25) is 5.91 Å². The van der Waals surface area contributed by atoms with Crippen molar-refractivity contribution in [2.45, 2.75) is 70.9 Å². The van der Waals surface area contributed by atoms with E-state index in [0.29, 0.717) is 5.69 Å². The third-order valence-electron chi connectivity index (χ3n) is 3.86. The number of anilines is 1. The van der Waals surface area contributed by atoms with Crippen LogP contribution in [0.2, 0.25) is 0 Å². The van der Waals surface area contributed by atoms with Gasteiger partial charge in [-0.3, -0.25) is 4.79 Å². The first-order chi connectivity index (χ1) is 10.5. The van der Waals surface area contributed by atoms with Crippen LogP contribution in [0, 0.1) is 0 Å². The van der Waals surface area contributed by atoms with Gasteiger partial charge in [-0.25, -0.2) is 0 Å². The number of amides is 1. The van der Waals surface area contributed by atoms with Gasteiger partial charge in [-0.1, -0.05) is 51.2 Å². The molecule has 0 aliphatic carbocycles. The van der Waals surface area contributed by atoms with E-state index in [2.05, 4.69) is 12.2 Å². The molecule has 2 atom stereocenters. The monoisotopic (exact) mass is 306 g/mol. The minimum Gasteiger partial charge on any atom is -0.391 e. The van der Waals surface area contributed by atoms with Gasteiger partial charge in [-0.15, -0.1) is 0 Å². The van der Waals surface area contributed by atoms with Gasteiger partial charge in [0.15, 0.2) is 0 Å². The van der Waals surface area contributed by atoms with Crippen LogP contribution in [0.15, 0.2) is 24.3 Å². The highest BCUT2D eigenvalue weighted by Crippen LogP contribution is 2.14. The molecule has 4 nitrogen and oxygen atoms in total. The van der Waals surface area contributed by atoms with Crippen molar-refractivity contribution in [2.75, 3.05) is 5.32 Å². The average Bonchev–Trinajstić information content (AvgIpc) is 2.51. The first kappa shape index (κ1) is 18.7. The maximum atomic E-state index is 11.7. The number of nitrogens with one attached hydrogen (secondary N) is 1. The number of nitrogens with two attached hydrogens (primary N) is 1. The smallest absolute Gasteiger partial charge is 0.243 e. The van der Waals surface area contributed by atoms with Gasteiger partial charge >= 0.3 is 0 Å². The molecule has 1 aromatic rings. The molecule has 0 saturated heterocycles. The van der Waals surface area contributed by atoms with E-state index in [1.165, 1.54) is 51.0 Å². The number of benzene rings is 1. The van der Waals surface area contributed by atoms with Crippen molar-refractivity contribution in [3.8, 4) is 0 Å². The normalized spacial score (nSPS) is 13.6. The maximum absolute atomic E-state index is 11.7. The number of hydrogen-bond acceptors (Lipinski definition) is 3. The summed E-state index contributed by atoms with van der Waals surface area (Å²) in [6.45, 7) is 3.74. The Morgan fingerprint density at radius 3 is 2.32 bits per heavy atom. The van der Waals surface area contributed by atoms with Crippen LogP contribution in [0.1, 0.15) is 57.9 Å². The Hall–Kier alpha value is -1.39. The SMILES string of the molecule is CCCCCCCCc1ccc(NC(=O)[C@H](N)[C@@H](C)O)cc1. The van der Waals surface area contributed by atoms with Crippen LogP contribution in [0.3, 0.4) is 0 Å². The molecule has 1 aromatic carbocycles. The van der Waals surface area contributed by atoms with Crippen LogP contribution in [-0.4, -0.2) is 23.2 Å². The van der Waals surface area contributed by atoms with Gasteiger partial charge < -0.3 is 16.2 Å². The lowest BCUT2D eigenvalue weighted by Crippen LogP contribution is -2.43. The van der Waals surface area contributed by atoms with Gasteiger partial charge in [-0.2, -0.15) is 0 Å². The first-order valence-electron chi connectivity index (χ1n) is 8.38. The van der Waals surface area contributed by atoms with Crippen molar-refractivity contribution >= 4 is 11.6 Å². The van der Waals surface area contributed by atoms with Crippen LogP contribution in [0.25, 0.3) is 0 Å². The number of carbonyl (C=O) groups is 1. The fraction of sp³-hybridized carbons (Fsp3) is 0.611. The van der Waals surface area contributed by atoms with E-state index in [1.54, 1.807) is 0 Å². The summed E-state index contributed by atoms with van der Waals surface area (Å²) in [4.78, 5) is 11.7. The number of aryl methyl sites for hydroxylation is 1. The molecule has 0 aliphatic heterocycles. The van der Waals surface area contributed by atoms with E-state index in [-0.39, 0.29) is 5.91 Å². The van der Waals surface area contributed by atoms with Crippen molar-refractivity contribution in [1.29, 1.82) is 0 Å². The molecule has 0 radical (unpaired) electrons. The fourth-order valence-electron chi connectivity index (χ4n) is 2.31. The molecule has 1 rings (SSSR count). The van der Waals surface area contributed by atoms with Crippen LogP contribution < -0.4 is 11.1 Å². The molecular formula is C18H30N2O2. The van der Waals surface area contributed by atoms with Gasteiger partial charge in [0.25, 0.3) is 0 Å². The highest BCUT2D eigenvalue weighted by Gasteiger charge is 2.18.